The molecule has 0 saturated carbocycles. The summed E-state index contributed by atoms with van der Waals surface area (Å²) in [5, 5.41) is 0. The Hall–Kier alpha value is -0.890. The van der Waals surface area contributed by atoms with Crippen molar-refractivity contribution in [2.24, 2.45) is 16.1 Å². The minimum atomic E-state index is -0.554. The van der Waals surface area contributed by atoms with Crippen LogP contribution in [0, 0.1) is 5.41 Å². The van der Waals surface area contributed by atoms with Gasteiger partial charge in [-0.2, -0.15) is 0 Å². The third kappa shape index (κ3) is 2.55. The van der Waals surface area contributed by atoms with Crippen LogP contribution in [-0.4, -0.2) is 11.9 Å². The van der Waals surface area contributed by atoms with Crippen LogP contribution in [0.1, 0.15) is 34.1 Å². The first kappa shape index (κ1) is 11.2. The van der Waals surface area contributed by atoms with Gasteiger partial charge in [0, 0.05) is 6.21 Å². The Morgan fingerprint density at radius 3 is 2.71 bits per heavy atom. The molecule has 1 atom stereocenters. The second kappa shape index (κ2) is 3.70. The Bertz CT molecular complexity index is 293. The molecule has 0 saturated heterocycles. The molecular formula is C12H20N2. The predicted octanol–water partition coefficient (Wildman–Crippen LogP) is 2.66. The van der Waals surface area contributed by atoms with E-state index in [1.54, 1.807) is 0 Å². The summed E-state index contributed by atoms with van der Waals surface area (Å²) < 4.78 is 0. The van der Waals surface area contributed by atoms with Gasteiger partial charge in [0.2, 0.25) is 0 Å². The summed E-state index contributed by atoms with van der Waals surface area (Å²) in [6.07, 6.45) is 9.02. The van der Waals surface area contributed by atoms with Crippen LogP contribution >= 0.6 is 0 Å². The maximum Gasteiger partial charge on any atom is 0.124 e. The highest BCUT2D eigenvalue weighted by Crippen LogP contribution is 2.29. The summed E-state index contributed by atoms with van der Waals surface area (Å²) in [4.78, 5) is 4.35. The zero-order chi connectivity index (χ0) is 10.8. The minimum Gasteiger partial charge on any atom is -0.304 e. The van der Waals surface area contributed by atoms with Crippen LogP contribution in [-0.2, 0) is 0 Å². The fourth-order valence-corrected chi connectivity index (χ4v) is 1.25. The molecule has 14 heavy (non-hydrogen) atoms. The van der Waals surface area contributed by atoms with Crippen LogP contribution < -0.4 is 5.73 Å². The van der Waals surface area contributed by atoms with Crippen LogP contribution in [0.2, 0.25) is 0 Å². The van der Waals surface area contributed by atoms with Crippen molar-refractivity contribution < 1.29 is 0 Å². The van der Waals surface area contributed by atoms with E-state index in [9.17, 15) is 0 Å². The maximum absolute atomic E-state index is 5.91. The molecule has 2 nitrogen and oxygen atoms in total. The van der Waals surface area contributed by atoms with Gasteiger partial charge in [-0.15, -0.1) is 0 Å². The Morgan fingerprint density at radius 1 is 1.50 bits per heavy atom. The molecule has 0 aromatic carbocycles. The molecule has 0 spiro atoms. The molecule has 1 rings (SSSR count). The summed E-state index contributed by atoms with van der Waals surface area (Å²) >= 11 is 0. The number of nitrogens with zero attached hydrogens (tertiary/aromatic N) is 1. The van der Waals surface area contributed by atoms with E-state index in [1.807, 2.05) is 25.3 Å². The van der Waals surface area contributed by atoms with Crippen molar-refractivity contribution in [2.75, 3.05) is 0 Å². The van der Waals surface area contributed by atoms with Gasteiger partial charge in [0.1, 0.15) is 5.66 Å². The highest BCUT2D eigenvalue weighted by atomic mass is 15.0. The Labute approximate surface area is 86.6 Å². The summed E-state index contributed by atoms with van der Waals surface area (Å²) in [6, 6.07) is 0. The average molecular weight is 192 g/mol. The monoisotopic (exact) mass is 192 g/mol. The van der Waals surface area contributed by atoms with Gasteiger partial charge in [0.15, 0.2) is 0 Å². The topological polar surface area (TPSA) is 38.4 Å². The number of aliphatic imine (C=N–C) groups is 1. The van der Waals surface area contributed by atoms with Crippen molar-refractivity contribution in [3.05, 3.63) is 23.8 Å². The molecule has 1 aliphatic rings. The summed E-state index contributed by atoms with van der Waals surface area (Å²) in [6.45, 7) is 8.52. The molecule has 0 aliphatic carbocycles. The Balaban J connectivity index is 2.96. The SMILES string of the molecule is CCC(C)(C)C1=CC=CC(C)(N)N=C1. The van der Waals surface area contributed by atoms with Crippen LogP contribution in [0.4, 0.5) is 0 Å². The van der Waals surface area contributed by atoms with E-state index in [1.165, 1.54) is 5.57 Å². The van der Waals surface area contributed by atoms with Gasteiger partial charge >= 0.3 is 0 Å². The molecule has 2 N–H and O–H groups in total. The number of hydrogen-bond donors (Lipinski definition) is 1. The molecule has 0 fully saturated rings. The molecule has 0 aromatic rings. The predicted molar refractivity (Wildman–Crippen MR) is 62.4 cm³/mol. The standard InChI is InChI=1S/C12H20N2/c1-5-11(2,3)10-7-6-8-12(4,13)14-9-10/h6-9H,5,13H2,1-4H3. The van der Waals surface area contributed by atoms with Crippen LogP contribution in [0.5, 0.6) is 0 Å². The highest BCUT2D eigenvalue weighted by Gasteiger charge is 2.21. The second-order valence-electron chi connectivity index (χ2n) is 4.70. The van der Waals surface area contributed by atoms with E-state index in [0.29, 0.717) is 0 Å². The average Bonchev–Trinajstić information content (AvgIpc) is 2.26. The molecule has 1 aliphatic heterocycles. The van der Waals surface area contributed by atoms with Crippen molar-refractivity contribution in [3.63, 3.8) is 0 Å². The first-order chi connectivity index (χ1) is 6.37. The lowest BCUT2D eigenvalue weighted by atomic mass is 9.82. The number of allylic oxidation sites excluding steroid dienone is 3. The first-order valence-electron chi connectivity index (χ1n) is 5.11. The van der Waals surface area contributed by atoms with E-state index in [0.717, 1.165) is 6.42 Å². The first-order valence-corrected chi connectivity index (χ1v) is 5.11. The molecule has 1 heterocycles. The van der Waals surface area contributed by atoms with E-state index < -0.39 is 5.66 Å². The van der Waals surface area contributed by atoms with Gasteiger partial charge in [-0.05, 0) is 30.4 Å². The van der Waals surface area contributed by atoms with Crippen molar-refractivity contribution >= 4 is 6.21 Å². The van der Waals surface area contributed by atoms with Crippen molar-refractivity contribution in [1.82, 2.24) is 0 Å². The Morgan fingerprint density at radius 2 is 2.14 bits per heavy atom. The fraction of sp³-hybridized carbons (Fsp3) is 0.583. The van der Waals surface area contributed by atoms with Gasteiger partial charge in [-0.1, -0.05) is 32.9 Å². The van der Waals surface area contributed by atoms with E-state index >= 15 is 0 Å². The van der Waals surface area contributed by atoms with Gasteiger partial charge in [0.25, 0.3) is 0 Å². The summed E-state index contributed by atoms with van der Waals surface area (Å²) in [5.74, 6) is 0. The lowest BCUT2D eigenvalue weighted by Crippen LogP contribution is -2.30. The number of hydrogen-bond acceptors (Lipinski definition) is 2. The molecule has 0 bridgehead atoms. The van der Waals surface area contributed by atoms with Crippen molar-refractivity contribution in [3.8, 4) is 0 Å². The lowest BCUT2D eigenvalue weighted by Gasteiger charge is -2.23. The minimum absolute atomic E-state index is 0.175. The lowest BCUT2D eigenvalue weighted by molar-refractivity contribution is 0.447. The molecule has 0 aromatic heterocycles. The molecule has 2 heteroatoms. The molecule has 78 valence electrons. The quantitative estimate of drug-likeness (QED) is 0.717. The summed E-state index contributed by atoms with van der Waals surface area (Å²) in [7, 11) is 0. The normalized spacial score (nSPS) is 27.4. The molecule has 1 unspecified atom stereocenters. The smallest absolute Gasteiger partial charge is 0.124 e. The van der Waals surface area contributed by atoms with E-state index in [4.69, 9.17) is 5.73 Å². The third-order valence-corrected chi connectivity index (χ3v) is 2.86. The van der Waals surface area contributed by atoms with Crippen molar-refractivity contribution in [1.29, 1.82) is 0 Å². The van der Waals surface area contributed by atoms with E-state index in [-0.39, 0.29) is 5.41 Å². The molecular weight excluding hydrogens is 172 g/mol. The van der Waals surface area contributed by atoms with Gasteiger partial charge in [-0.3, -0.25) is 4.99 Å². The fourth-order valence-electron chi connectivity index (χ4n) is 1.25. The highest BCUT2D eigenvalue weighted by molar-refractivity contribution is 5.81. The largest absolute Gasteiger partial charge is 0.304 e. The van der Waals surface area contributed by atoms with Crippen LogP contribution in [0.15, 0.2) is 28.8 Å². The number of nitrogens with two attached hydrogens (primary N) is 1. The second-order valence-corrected chi connectivity index (χ2v) is 4.70. The van der Waals surface area contributed by atoms with Crippen molar-refractivity contribution in [2.45, 2.75) is 39.8 Å². The van der Waals surface area contributed by atoms with Gasteiger partial charge in [-0.25, -0.2) is 0 Å². The van der Waals surface area contributed by atoms with Crippen LogP contribution in [0.3, 0.4) is 0 Å². The van der Waals surface area contributed by atoms with Crippen LogP contribution in [0.25, 0.3) is 0 Å². The maximum atomic E-state index is 5.91. The van der Waals surface area contributed by atoms with Gasteiger partial charge in [0.05, 0.1) is 0 Å². The zero-order valence-electron chi connectivity index (χ0n) is 9.54. The van der Waals surface area contributed by atoms with E-state index in [2.05, 4.69) is 31.8 Å². The molecule has 0 radical (unpaired) electrons. The number of rotatable bonds is 2. The summed E-state index contributed by atoms with van der Waals surface area (Å²) in [5.41, 5.74) is 6.77. The Kier molecular flexibility index (Phi) is 2.95. The zero-order valence-corrected chi connectivity index (χ0v) is 9.54. The van der Waals surface area contributed by atoms with Gasteiger partial charge < -0.3 is 5.73 Å². The molecule has 0 amide bonds. The third-order valence-electron chi connectivity index (χ3n) is 2.86.